The molecule has 0 spiro atoms. The number of hydrogen-bond acceptors (Lipinski definition) is 4. The van der Waals surface area contributed by atoms with E-state index in [1.54, 1.807) is 12.1 Å². The molecule has 1 atom stereocenters. The molecule has 150 valence electrons. The van der Waals surface area contributed by atoms with Gasteiger partial charge in [-0.05, 0) is 49.7 Å². The summed E-state index contributed by atoms with van der Waals surface area (Å²) in [6.45, 7) is 3.81. The molecule has 4 rings (SSSR count). The van der Waals surface area contributed by atoms with Crippen LogP contribution in [-0.2, 0) is 4.79 Å². The zero-order valence-electron chi connectivity index (χ0n) is 16.6. The number of thioether (sulfide) groups is 1. The number of carbonyl (C=O) groups excluding carboxylic acids is 1. The summed E-state index contributed by atoms with van der Waals surface area (Å²) in [6.07, 6.45) is 0. The monoisotopic (exact) mass is 417 g/mol. The number of benzene rings is 3. The molecule has 0 saturated heterocycles. The highest BCUT2D eigenvalue weighted by molar-refractivity contribution is 8.00. The second kappa shape index (κ2) is 8.63. The Morgan fingerprint density at radius 1 is 0.933 bits per heavy atom. The van der Waals surface area contributed by atoms with Crippen LogP contribution < -0.4 is 5.32 Å². The topological polar surface area (TPSA) is 54.9 Å². The summed E-state index contributed by atoms with van der Waals surface area (Å²) in [5.74, 6) is -0.389. The summed E-state index contributed by atoms with van der Waals surface area (Å²) in [5.41, 5.74) is 3.29. The minimum atomic E-state index is -0.362. The Labute approximate surface area is 178 Å². The van der Waals surface area contributed by atoms with Gasteiger partial charge in [0, 0.05) is 22.0 Å². The fourth-order valence-electron chi connectivity index (χ4n) is 3.16. The molecule has 0 radical (unpaired) electrons. The number of aromatic nitrogens is 2. The number of halogens is 1. The quantitative estimate of drug-likeness (QED) is 0.413. The van der Waals surface area contributed by atoms with Crippen molar-refractivity contribution >= 4 is 34.1 Å². The van der Waals surface area contributed by atoms with Crippen molar-refractivity contribution in [2.24, 2.45) is 0 Å². The Hall–Kier alpha value is -3.25. The van der Waals surface area contributed by atoms with Crippen LogP contribution in [0.4, 0.5) is 10.1 Å². The predicted molar refractivity (Wildman–Crippen MR) is 120 cm³/mol. The third-order valence-corrected chi connectivity index (χ3v) is 5.92. The molecule has 4 nitrogen and oxygen atoms in total. The van der Waals surface area contributed by atoms with Crippen molar-refractivity contribution in [2.45, 2.75) is 24.1 Å². The molecule has 1 unspecified atom stereocenters. The summed E-state index contributed by atoms with van der Waals surface area (Å²) in [5, 5.41) is 13.9. The first-order valence-electron chi connectivity index (χ1n) is 9.57. The lowest BCUT2D eigenvalue weighted by molar-refractivity contribution is -0.115. The van der Waals surface area contributed by atoms with Gasteiger partial charge in [0.1, 0.15) is 16.5 Å². The zero-order chi connectivity index (χ0) is 21.1. The molecule has 0 aliphatic rings. The van der Waals surface area contributed by atoms with Crippen molar-refractivity contribution in [3.05, 3.63) is 84.2 Å². The standard InChI is InChI=1S/C24H20FN3OS/c1-15-7-3-6-10-21(15)26-23(29)16(2)30-24-20-9-5-4-8-19(20)22(27-28-24)17-11-13-18(25)14-12-17/h3-14,16H,1-2H3,(H,26,29). The molecule has 3 aromatic carbocycles. The molecule has 0 bridgehead atoms. The van der Waals surface area contributed by atoms with Gasteiger partial charge in [-0.1, -0.05) is 54.2 Å². The molecule has 1 N–H and O–H groups in total. The number of nitrogens with one attached hydrogen (secondary N) is 1. The summed E-state index contributed by atoms with van der Waals surface area (Å²) < 4.78 is 13.3. The smallest absolute Gasteiger partial charge is 0.237 e. The van der Waals surface area contributed by atoms with Crippen molar-refractivity contribution in [1.82, 2.24) is 10.2 Å². The van der Waals surface area contributed by atoms with Crippen LogP contribution in [0.2, 0.25) is 0 Å². The number of carbonyl (C=O) groups is 1. The van der Waals surface area contributed by atoms with Gasteiger partial charge in [-0.2, -0.15) is 0 Å². The number of aryl methyl sites for hydroxylation is 1. The van der Waals surface area contributed by atoms with Crippen molar-refractivity contribution in [1.29, 1.82) is 0 Å². The minimum absolute atomic E-state index is 0.0946. The Kier molecular flexibility index (Phi) is 5.77. The van der Waals surface area contributed by atoms with Crippen molar-refractivity contribution in [3.63, 3.8) is 0 Å². The first-order valence-corrected chi connectivity index (χ1v) is 10.5. The lowest BCUT2D eigenvalue weighted by atomic mass is 10.1. The van der Waals surface area contributed by atoms with Gasteiger partial charge in [-0.3, -0.25) is 4.79 Å². The molecule has 30 heavy (non-hydrogen) atoms. The van der Waals surface area contributed by atoms with Gasteiger partial charge in [0.15, 0.2) is 0 Å². The van der Waals surface area contributed by atoms with E-state index in [-0.39, 0.29) is 17.0 Å². The lowest BCUT2D eigenvalue weighted by Crippen LogP contribution is -2.23. The fourth-order valence-corrected chi connectivity index (χ4v) is 4.05. The maximum atomic E-state index is 13.3. The third kappa shape index (κ3) is 4.19. The minimum Gasteiger partial charge on any atom is -0.325 e. The molecule has 4 aromatic rings. The van der Waals surface area contributed by atoms with Gasteiger partial charge in [0.25, 0.3) is 0 Å². The van der Waals surface area contributed by atoms with Crippen LogP contribution in [0.5, 0.6) is 0 Å². The Bertz CT molecular complexity index is 1210. The van der Waals surface area contributed by atoms with E-state index in [9.17, 15) is 9.18 Å². The van der Waals surface area contributed by atoms with E-state index < -0.39 is 0 Å². The molecular formula is C24H20FN3OS. The van der Waals surface area contributed by atoms with Crippen LogP contribution in [0.15, 0.2) is 77.8 Å². The zero-order valence-corrected chi connectivity index (χ0v) is 17.4. The molecule has 6 heteroatoms. The first kappa shape index (κ1) is 20.0. The van der Waals surface area contributed by atoms with E-state index in [2.05, 4.69) is 15.5 Å². The molecular weight excluding hydrogens is 397 g/mol. The van der Waals surface area contributed by atoms with E-state index in [1.165, 1.54) is 23.9 Å². The van der Waals surface area contributed by atoms with E-state index in [4.69, 9.17) is 0 Å². The number of hydrogen-bond donors (Lipinski definition) is 1. The van der Waals surface area contributed by atoms with E-state index in [0.717, 1.165) is 27.6 Å². The number of para-hydroxylation sites is 1. The average Bonchev–Trinajstić information content (AvgIpc) is 2.76. The summed E-state index contributed by atoms with van der Waals surface area (Å²) >= 11 is 1.37. The molecule has 1 heterocycles. The Morgan fingerprint density at radius 2 is 1.60 bits per heavy atom. The molecule has 0 fully saturated rings. The lowest BCUT2D eigenvalue weighted by Gasteiger charge is -2.14. The normalized spacial score (nSPS) is 12.0. The van der Waals surface area contributed by atoms with Crippen molar-refractivity contribution < 1.29 is 9.18 Å². The molecule has 1 amide bonds. The number of rotatable bonds is 5. The maximum Gasteiger partial charge on any atom is 0.237 e. The van der Waals surface area contributed by atoms with Gasteiger partial charge < -0.3 is 5.32 Å². The third-order valence-electron chi connectivity index (χ3n) is 4.83. The maximum absolute atomic E-state index is 13.3. The Balaban J connectivity index is 1.62. The van der Waals surface area contributed by atoms with Crippen LogP contribution >= 0.6 is 11.8 Å². The van der Waals surface area contributed by atoms with Crippen molar-refractivity contribution in [3.8, 4) is 11.3 Å². The van der Waals surface area contributed by atoms with Gasteiger partial charge in [-0.25, -0.2) is 4.39 Å². The summed E-state index contributed by atoms with van der Waals surface area (Å²) in [4.78, 5) is 12.7. The van der Waals surface area contributed by atoms with Gasteiger partial charge in [0.05, 0.1) is 5.25 Å². The van der Waals surface area contributed by atoms with E-state index in [1.807, 2.05) is 62.4 Å². The second-order valence-corrected chi connectivity index (χ2v) is 8.30. The van der Waals surface area contributed by atoms with Crippen LogP contribution in [0.3, 0.4) is 0 Å². The molecule has 0 aliphatic heterocycles. The van der Waals surface area contributed by atoms with Gasteiger partial charge in [0.2, 0.25) is 5.91 Å². The average molecular weight is 418 g/mol. The fraction of sp³-hybridized carbons (Fsp3) is 0.125. The van der Waals surface area contributed by atoms with E-state index in [0.29, 0.717) is 10.7 Å². The highest BCUT2D eigenvalue weighted by Crippen LogP contribution is 2.33. The van der Waals surface area contributed by atoms with Crippen LogP contribution in [0, 0.1) is 12.7 Å². The van der Waals surface area contributed by atoms with Crippen LogP contribution in [0.1, 0.15) is 12.5 Å². The van der Waals surface area contributed by atoms with Gasteiger partial charge >= 0.3 is 0 Å². The molecule has 0 aliphatic carbocycles. The molecule has 1 aromatic heterocycles. The highest BCUT2D eigenvalue weighted by atomic mass is 32.2. The second-order valence-electron chi connectivity index (χ2n) is 6.97. The number of nitrogens with zero attached hydrogens (tertiary/aromatic N) is 2. The van der Waals surface area contributed by atoms with Crippen LogP contribution in [0.25, 0.3) is 22.0 Å². The summed E-state index contributed by atoms with van der Waals surface area (Å²) in [7, 11) is 0. The predicted octanol–water partition coefficient (Wildman–Crippen LogP) is 5.86. The van der Waals surface area contributed by atoms with Crippen LogP contribution in [-0.4, -0.2) is 21.4 Å². The van der Waals surface area contributed by atoms with E-state index >= 15 is 0 Å². The SMILES string of the molecule is Cc1ccccc1NC(=O)C(C)Sc1nnc(-c2ccc(F)cc2)c2ccccc12. The first-order chi connectivity index (χ1) is 14.5. The molecule has 0 saturated carbocycles. The number of anilines is 1. The number of amides is 1. The van der Waals surface area contributed by atoms with Crippen molar-refractivity contribution in [2.75, 3.05) is 5.32 Å². The highest BCUT2D eigenvalue weighted by Gasteiger charge is 2.19. The number of fused-ring (bicyclic) bond motifs is 1. The summed E-state index contributed by atoms with van der Waals surface area (Å²) in [6, 6.07) is 21.7. The van der Waals surface area contributed by atoms with Gasteiger partial charge in [-0.15, -0.1) is 10.2 Å². The Morgan fingerprint density at radius 3 is 2.33 bits per heavy atom. The largest absolute Gasteiger partial charge is 0.325 e.